The zero-order valence-corrected chi connectivity index (χ0v) is 13.1. The Kier molecular flexibility index (Phi) is 5.54. The summed E-state index contributed by atoms with van der Waals surface area (Å²) in [5, 5.41) is 14.8. The van der Waals surface area contributed by atoms with E-state index in [1.54, 1.807) is 12.1 Å². The van der Waals surface area contributed by atoms with E-state index in [-0.39, 0.29) is 18.9 Å². The van der Waals surface area contributed by atoms with Crippen molar-refractivity contribution in [2.75, 3.05) is 5.32 Å². The third kappa shape index (κ3) is 4.96. The second-order valence-corrected chi connectivity index (χ2v) is 5.42. The molecule has 0 saturated heterocycles. The van der Waals surface area contributed by atoms with Gasteiger partial charge < -0.3 is 14.8 Å². The van der Waals surface area contributed by atoms with Gasteiger partial charge in [-0.25, -0.2) is 0 Å². The van der Waals surface area contributed by atoms with Gasteiger partial charge in [-0.05, 0) is 43.2 Å². The second-order valence-electron chi connectivity index (χ2n) is 5.42. The lowest BCUT2D eigenvalue weighted by Gasteiger charge is -2.14. The van der Waals surface area contributed by atoms with E-state index in [9.17, 15) is 14.7 Å². The van der Waals surface area contributed by atoms with Crippen LogP contribution in [0.1, 0.15) is 23.3 Å². The van der Waals surface area contributed by atoms with Gasteiger partial charge in [0.2, 0.25) is 5.91 Å². The number of furan rings is 1. The molecule has 1 atom stereocenters. The minimum atomic E-state index is -1.08. The number of anilines is 1. The lowest BCUT2D eigenvalue weighted by atomic mass is 10.1. The van der Waals surface area contributed by atoms with Crippen LogP contribution in [0.2, 0.25) is 0 Å². The van der Waals surface area contributed by atoms with E-state index in [0.29, 0.717) is 11.4 Å². The van der Waals surface area contributed by atoms with Crippen molar-refractivity contribution in [3.05, 3.63) is 53.5 Å². The van der Waals surface area contributed by atoms with Gasteiger partial charge >= 0.3 is 5.97 Å². The molecule has 0 spiro atoms. The summed E-state index contributed by atoms with van der Waals surface area (Å²) in [6.45, 7) is 4.07. The number of carbonyl (C=O) groups is 2. The Morgan fingerprint density at radius 3 is 2.70 bits per heavy atom. The van der Waals surface area contributed by atoms with Crippen molar-refractivity contribution in [2.45, 2.75) is 32.9 Å². The zero-order chi connectivity index (χ0) is 16.8. The van der Waals surface area contributed by atoms with Crippen molar-refractivity contribution in [3.63, 3.8) is 0 Å². The fourth-order valence-electron chi connectivity index (χ4n) is 2.14. The van der Waals surface area contributed by atoms with E-state index >= 15 is 0 Å². The molecule has 6 nitrogen and oxygen atoms in total. The van der Waals surface area contributed by atoms with Crippen molar-refractivity contribution >= 4 is 17.6 Å². The van der Waals surface area contributed by atoms with E-state index in [0.717, 1.165) is 11.1 Å². The molecular formula is C17H20N2O4. The maximum Gasteiger partial charge on any atom is 0.321 e. The van der Waals surface area contributed by atoms with Gasteiger partial charge in [0.25, 0.3) is 0 Å². The van der Waals surface area contributed by atoms with E-state index in [2.05, 4.69) is 10.6 Å². The molecule has 122 valence electrons. The molecule has 0 aliphatic heterocycles. The molecule has 0 radical (unpaired) electrons. The van der Waals surface area contributed by atoms with Crippen molar-refractivity contribution in [1.29, 1.82) is 0 Å². The monoisotopic (exact) mass is 316 g/mol. The SMILES string of the molecule is Cc1ccc(C)c(NC(=O)C[C@@H](NCc2ccco2)C(=O)O)c1. The van der Waals surface area contributed by atoms with Crippen molar-refractivity contribution in [3.8, 4) is 0 Å². The largest absolute Gasteiger partial charge is 0.480 e. The molecule has 1 aromatic carbocycles. The molecule has 0 aliphatic rings. The molecule has 1 amide bonds. The quantitative estimate of drug-likeness (QED) is 0.730. The zero-order valence-electron chi connectivity index (χ0n) is 13.1. The fourth-order valence-corrected chi connectivity index (χ4v) is 2.14. The highest BCUT2D eigenvalue weighted by Gasteiger charge is 2.21. The normalized spacial score (nSPS) is 11.9. The van der Waals surface area contributed by atoms with Gasteiger partial charge in [-0.15, -0.1) is 0 Å². The van der Waals surface area contributed by atoms with Crippen molar-refractivity contribution in [2.24, 2.45) is 0 Å². The number of amides is 1. The van der Waals surface area contributed by atoms with Crippen molar-refractivity contribution < 1.29 is 19.1 Å². The number of aryl methyl sites for hydroxylation is 2. The predicted octanol–water partition coefficient (Wildman–Crippen LogP) is 2.47. The third-order valence-corrected chi connectivity index (χ3v) is 3.46. The van der Waals surface area contributed by atoms with Gasteiger partial charge in [-0.2, -0.15) is 0 Å². The Morgan fingerprint density at radius 2 is 2.04 bits per heavy atom. The number of nitrogens with one attached hydrogen (secondary N) is 2. The summed E-state index contributed by atoms with van der Waals surface area (Å²) in [4.78, 5) is 23.4. The topological polar surface area (TPSA) is 91.6 Å². The molecule has 3 N–H and O–H groups in total. The summed E-state index contributed by atoms with van der Waals surface area (Å²) in [5.41, 5.74) is 2.65. The minimum Gasteiger partial charge on any atom is -0.480 e. The van der Waals surface area contributed by atoms with Crippen LogP contribution >= 0.6 is 0 Å². The molecule has 2 aromatic rings. The highest BCUT2D eigenvalue weighted by Crippen LogP contribution is 2.16. The number of aliphatic carboxylic acids is 1. The molecule has 2 rings (SSSR count). The number of rotatable bonds is 7. The highest BCUT2D eigenvalue weighted by atomic mass is 16.4. The Labute approximate surface area is 134 Å². The highest BCUT2D eigenvalue weighted by molar-refractivity contribution is 5.94. The Morgan fingerprint density at radius 1 is 1.26 bits per heavy atom. The van der Waals surface area contributed by atoms with Crippen LogP contribution in [0.15, 0.2) is 41.0 Å². The number of carbonyl (C=O) groups excluding carboxylic acids is 1. The first kappa shape index (κ1) is 16.8. The van der Waals surface area contributed by atoms with E-state index in [4.69, 9.17) is 4.42 Å². The van der Waals surface area contributed by atoms with Gasteiger partial charge in [-0.1, -0.05) is 12.1 Å². The average Bonchev–Trinajstić information content (AvgIpc) is 3.00. The van der Waals surface area contributed by atoms with Gasteiger partial charge in [0.15, 0.2) is 0 Å². The average molecular weight is 316 g/mol. The van der Waals surface area contributed by atoms with Crippen LogP contribution in [0.25, 0.3) is 0 Å². The number of carboxylic acids is 1. The van der Waals surface area contributed by atoms with E-state index < -0.39 is 12.0 Å². The first-order valence-corrected chi connectivity index (χ1v) is 7.31. The lowest BCUT2D eigenvalue weighted by molar-refractivity contribution is -0.141. The second kappa shape index (κ2) is 7.60. The summed E-state index contributed by atoms with van der Waals surface area (Å²) in [6.07, 6.45) is 1.35. The van der Waals surface area contributed by atoms with E-state index in [1.165, 1.54) is 6.26 Å². The fraction of sp³-hybridized carbons (Fsp3) is 0.294. The van der Waals surface area contributed by atoms with Crippen LogP contribution in [0.4, 0.5) is 5.69 Å². The minimum absolute atomic E-state index is 0.163. The third-order valence-electron chi connectivity index (χ3n) is 3.46. The summed E-state index contributed by atoms with van der Waals surface area (Å²) in [6, 6.07) is 8.21. The predicted molar refractivity (Wildman–Crippen MR) is 86.1 cm³/mol. The first-order chi connectivity index (χ1) is 11.0. The molecule has 0 saturated carbocycles. The molecule has 0 fully saturated rings. The maximum atomic E-state index is 12.1. The van der Waals surface area contributed by atoms with Gasteiger partial charge in [0.05, 0.1) is 19.2 Å². The molecule has 6 heteroatoms. The van der Waals surface area contributed by atoms with E-state index in [1.807, 2.05) is 32.0 Å². The number of hydrogen-bond acceptors (Lipinski definition) is 4. The van der Waals surface area contributed by atoms with Crippen LogP contribution in [0, 0.1) is 13.8 Å². The smallest absolute Gasteiger partial charge is 0.321 e. The molecule has 1 aromatic heterocycles. The summed E-state index contributed by atoms with van der Waals surface area (Å²) < 4.78 is 5.14. The number of hydrogen-bond donors (Lipinski definition) is 3. The number of carboxylic acid groups (broad SMARTS) is 1. The Bertz CT molecular complexity index is 680. The Balaban J connectivity index is 1.94. The molecule has 1 heterocycles. The number of benzene rings is 1. The van der Waals surface area contributed by atoms with Gasteiger partial charge in [0.1, 0.15) is 11.8 Å². The summed E-state index contributed by atoms with van der Waals surface area (Å²) >= 11 is 0. The van der Waals surface area contributed by atoms with Crippen LogP contribution in [0.5, 0.6) is 0 Å². The lowest BCUT2D eigenvalue weighted by Crippen LogP contribution is -2.39. The van der Waals surface area contributed by atoms with Gasteiger partial charge in [0, 0.05) is 5.69 Å². The molecule has 0 aliphatic carbocycles. The molecule has 23 heavy (non-hydrogen) atoms. The summed E-state index contributed by atoms with van der Waals surface area (Å²) in [7, 11) is 0. The summed E-state index contributed by atoms with van der Waals surface area (Å²) in [5.74, 6) is -0.808. The van der Waals surface area contributed by atoms with Crippen LogP contribution in [0.3, 0.4) is 0 Å². The maximum absolute atomic E-state index is 12.1. The van der Waals surface area contributed by atoms with Crippen LogP contribution < -0.4 is 10.6 Å². The molecular weight excluding hydrogens is 296 g/mol. The standard InChI is InChI=1S/C17H20N2O4/c1-11-5-6-12(2)14(8-11)19-16(20)9-15(17(21)22)18-10-13-4-3-7-23-13/h3-8,15,18H,9-10H2,1-2H3,(H,19,20)(H,21,22)/t15-/m1/s1. The van der Waals surface area contributed by atoms with Gasteiger partial charge in [-0.3, -0.25) is 14.9 Å². The molecule has 0 bridgehead atoms. The van der Waals surface area contributed by atoms with Crippen molar-refractivity contribution in [1.82, 2.24) is 5.32 Å². The van der Waals surface area contributed by atoms with Crippen LogP contribution in [-0.2, 0) is 16.1 Å². The Hall–Kier alpha value is -2.60. The molecule has 0 unspecified atom stereocenters. The van der Waals surface area contributed by atoms with Crippen LogP contribution in [-0.4, -0.2) is 23.0 Å². The first-order valence-electron chi connectivity index (χ1n) is 7.31.